The van der Waals surface area contributed by atoms with Crippen LogP contribution in [0.3, 0.4) is 0 Å². The van der Waals surface area contributed by atoms with Gasteiger partial charge in [0.2, 0.25) is 0 Å². The summed E-state index contributed by atoms with van der Waals surface area (Å²) in [6.07, 6.45) is 5.83. The van der Waals surface area contributed by atoms with Crippen molar-refractivity contribution in [2.75, 3.05) is 13.7 Å². The van der Waals surface area contributed by atoms with E-state index in [9.17, 15) is 0 Å². The lowest BCUT2D eigenvalue weighted by Crippen LogP contribution is -2.38. The van der Waals surface area contributed by atoms with Crippen molar-refractivity contribution in [1.82, 2.24) is 5.32 Å². The zero-order valence-corrected chi connectivity index (χ0v) is 10.8. The van der Waals surface area contributed by atoms with Gasteiger partial charge in [-0.3, -0.25) is 0 Å². The average molecular weight is 213 g/mol. The lowest BCUT2D eigenvalue weighted by atomic mass is 9.80. The molecule has 2 heteroatoms. The van der Waals surface area contributed by atoms with Crippen molar-refractivity contribution in [1.29, 1.82) is 0 Å². The van der Waals surface area contributed by atoms with Crippen LogP contribution in [0.15, 0.2) is 0 Å². The molecular weight excluding hydrogens is 186 g/mol. The number of hydrogen-bond acceptors (Lipinski definition) is 2. The summed E-state index contributed by atoms with van der Waals surface area (Å²) in [5, 5.41) is 3.61. The number of rotatable bonds is 5. The standard InChI is InChI=1S/C13H27NO/c1-10(2)12-5-7-13(8-6-12)14-9-11(3)15-4/h10-14H,5-9H2,1-4H3. The fourth-order valence-corrected chi connectivity index (χ4v) is 2.41. The molecule has 0 aliphatic heterocycles. The highest BCUT2D eigenvalue weighted by atomic mass is 16.5. The van der Waals surface area contributed by atoms with E-state index in [1.807, 2.05) is 0 Å². The summed E-state index contributed by atoms with van der Waals surface area (Å²) in [4.78, 5) is 0. The smallest absolute Gasteiger partial charge is 0.0667 e. The Kier molecular flexibility index (Phi) is 5.62. The van der Waals surface area contributed by atoms with Gasteiger partial charge in [-0.2, -0.15) is 0 Å². The summed E-state index contributed by atoms with van der Waals surface area (Å²) in [5.41, 5.74) is 0. The minimum atomic E-state index is 0.341. The molecule has 1 fully saturated rings. The molecule has 0 aromatic carbocycles. The van der Waals surface area contributed by atoms with Crippen molar-refractivity contribution in [3.63, 3.8) is 0 Å². The summed E-state index contributed by atoms with van der Waals surface area (Å²) in [7, 11) is 1.78. The Hall–Kier alpha value is -0.0800. The van der Waals surface area contributed by atoms with Crippen LogP contribution in [0.4, 0.5) is 0 Å². The number of nitrogens with one attached hydrogen (secondary N) is 1. The minimum Gasteiger partial charge on any atom is -0.380 e. The molecule has 0 amide bonds. The van der Waals surface area contributed by atoms with Crippen LogP contribution in [0.5, 0.6) is 0 Å². The van der Waals surface area contributed by atoms with Gasteiger partial charge in [0.25, 0.3) is 0 Å². The molecule has 0 radical (unpaired) electrons. The molecule has 90 valence electrons. The van der Waals surface area contributed by atoms with E-state index in [-0.39, 0.29) is 0 Å². The van der Waals surface area contributed by atoms with E-state index in [1.54, 1.807) is 7.11 Å². The lowest BCUT2D eigenvalue weighted by Gasteiger charge is -2.31. The maximum Gasteiger partial charge on any atom is 0.0667 e. The monoisotopic (exact) mass is 213 g/mol. The number of hydrogen-bond donors (Lipinski definition) is 1. The quantitative estimate of drug-likeness (QED) is 0.758. The first-order valence-corrected chi connectivity index (χ1v) is 6.39. The van der Waals surface area contributed by atoms with Gasteiger partial charge in [-0.1, -0.05) is 13.8 Å². The highest BCUT2D eigenvalue weighted by molar-refractivity contribution is 4.79. The summed E-state index contributed by atoms with van der Waals surface area (Å²) < 4.78 is 5.24. The second-order valence-corrected chi connectivity index (χ2v) is 5.31. The maximum absolute atomic E-state index is 5.24. The summed E-state index contributed by atoms with van der Waals surface area (Å²) in [6, 6.07) is 0.734. The van der Waals surface area contributed by atoms with E-state index in [0.29, 0.717) is 6.10 Å². The van der Waals surface area contributed by atoms with Crippen molar-refractivity contribution in [3.8, 4) is 0 Å². The fourth-order valence-electron chi connectivity index (χ4n) is 2.41. The molecule has 1 rings (SSSR count). The van der Waals surface area contributed by atoms with E-state index >= 15 is 0 Å². The topological polar surface area (TPSA) is 21.3 Å². The molecule has 0 saturated heterocycles. The molecule has 1 unspecified atom stereocenters. The van der Waals surface area contributed by atoms with Crippen LogP contribution in [-0.2, 0) is 4.74 Å². The largest absolute Gasteiger partial charge is 0.380 e. The van der Waals surface area contributed by atoms with Gasteiger partial charge in [0, 0.05) is 19.7 Å². The third kappa shape index (κ3) is 4.52. The van der Waals surface area contributed by atoms with Crippen molar-refractivity contribution >= 4 is 0 Å². The highest BCUT2D eigenvalue weighted by Crippen LogP contribution is 2.29. The van der Waals surface area contributed by atoms with Crippen molar-refractivity contribution in [3.05, 3.63) is 0 Å². The van der Waals surface area contributed by atoms with E-state index < -0.39 is 0 Å². The first-order valence-electron chi connectivity index (χ1n) is 6.39. The SMILES string of the molecule is COC(C)CNC1CCC(C(C)C)CC1. The van der Waals surface area contributed by atoms with Gasteiger partial charge >= 0.3 is 0 Å². The summed E-state index contributed by atoms with van der Waals surface area (Å²) >= 11 is 0. The Balaban J connectivity index is 2.14. The number of methoxy groups -OCH3 is 1. The third-order valence-corrected chi connectivity index (χ3v) is 3.81. The van der Waals surface area contributed by atoms with Crippen molar-refractivity contribution in [2.24, 2.45) is 11.8 Å². The molecule has 0 heterocycles. The highest BCUT2D eigenvalue weighted by Gasteiger charge is 2.22. The Morgan fingerprint density at radius 3 is 2.20 bits per heavy atom. The first-order chi connectivity index (χ1) is 7.13. The molecule has 0 aromatic heterocycles. The average Bonchev–Trinajstić information content (AvgIpc) is 2.26. The molecule has 1 aliphatic carbocycles. The minimum absolute atomic E-state index is 0.341. The van der Waals surface area contributed by atoms with Crippen molar-refractivity contribution in [2.45, 2.75) is 58.6 Å². The molecule has 15 heavy (non-hydrogen) atoms. The van der Waals surface area contributed by atoms with Gasteiger partial charge in [0.1, 0.15) is 0 Å². The zero-order valence-electron chi connectivity index (χ0n) is 10.8. The second kappa shape index (κ2) is 6.49. The van der Waals surface area contributed by atoms with Gasteiger partial charge in [-0.25, -0.2) is 0 Å². The van der Waals surface area contributed by atoms with Gasteiger partial charge < -0.3 is 10.1 Å². The van der Waals surface area contributed by atoms with Crippen LogP contribution < -0.4 is 5.32 Å². The van der Waals surface area contributed by atoms with Crippen LogP contribution >= 0.6 is 0 Å². The molecule has 1 aliphatic rings. The Morgan fingerprint density at radius 2 is 1.73 bits per heavy atom. The van der Waals surface area contributed by atoms with E-state index in [4.69, 9.17) is 4.74 Å². The molecule has 0 spiro atoms. The first kappa shape index (κ1) is 13.0. The third-order valence-electron chi connectivity index (χ3n) is 3.81. The van der Waals surface area contributed by atoms with E-state index in [2.05, 4.69) is 26.1 Å². The van der Waals surface area contributed by atoms with Gasteiger partial charge in [-0.05, 0) is 44.4 Å². The van der Waals surface area contributed by atoms with Crippen LogP contribution in [0.1, 0.15) is 46.5 Å². The summed E-state index contributed by atoms with van der Waals surface area (Å²) in [5.74, 6) is 1.83. The predicted molar refractivity (Wildman–Crippen MR) is 65.1 cm³/mol. The predicted octanol–water partition coefficient (Wildman–Crippen LogP) is 2.83. The van der Waals surface area contributed by atoms with Crippen LogP contribution in [-0.4, -0.2) is 25.8 Å². The van der Waals surface area contributed by atoms with Crippen LogP contribution in [0, 0.1) is 11.8 Å². The molecule has 0 aromatic rings. The molecule has 0 bridgehead atoms. The summed E-state index contributed by atoms with van der Waals surface area (Å²) in [6.45, 7) is 7.82. The fraction of sp³-hybridized carbons (Fsp3) is 1.00. The van der Waals surface area contributed by atoms with E-state index in [0.717, 1.165) is 24.4 Å². The Labute approximate surface area is 94.8 Å². The second-order valence-electron chi connectivity index (χ2n) is 5.31. The lowest BCUT2D eigenvalue weighted by molar-refractivity contribution is 0.110. The molecule has 2 nitrogen and oxygen atoms in total. The molecule has 1 N–H and O–H groups in total. The van der Waals surface area contributed by atoms with Crippen molar-refractivity contribution < 1.29 is 4.74 Å². The Morgan fingerprint density at radius 1 is 1.13 bits per heavy atom. The maximum atomic E-state index is 5.24. The van der Waals surface area contributed by atoms with Crippen LogP contribution in [0.2, 0.25) is 0 Å². The Bertz CT molecular complexity index is 162. The van der Waals surface area contributed by atoms with Gasteiger partial charge in [0.15, 0.2) is 0 Å². The molecular formula is C13H27NO. The molecule has 1 saturated carbocycles. The van der Waals surface area contributed by atoms with Crippen LogP contribution in [0.25, 0.3) is 0 Å². The van der Waals surface area contributed by atoms with Gasteiger partial charge in [-0.15, -0.1) is 0 Å². The zero-order chi connectivity index (χ0) is 11.3. The molecule has 1 atom stereocenters. The normalized spacial score (nSPS) is 29.4. The van der Waals surface area contributed by atoms with E-state index in [1.165, 1.54) is 25.7 Å². The number of ether oxygens (including phenoxy) is 1. The van der Waals surface area contributed by atoms with Gasteiger partial charge in [0.05, 0.1) is 6.10 Å².